The van der Waals surface area contributed by atoms with Crippen LogP contribution in [0.15, 0.2) is 24.4 Å². The zero-order chi connectivity index (χ0) is 20.0. The fraction of sp³-hybridized carbons (Fsp3) is 0.600. The molecule has 0 bridgehead atoms. The molecule has 0 amide bonds. The van der Waals surface area contributed by atoms with Crippen molar-refractivity contribution in [3.05, 3.63) is 30.2 Å². The molecule has 0 radical (unpaired) electrons. The molecule has 0 N–H and O–H groups in total. The number of fused-ring (bicyclic) bond motifs is 1. The molecule has 1 aliphatic rings. The highest BCUT2D eigenvalue weighted by atomic mass is 28.3. The van der Waals surface area contributed by atoms with Crippen LogP contribution in [0, 0.1) is 5.82 Å². The Morgan fingerprint density at radius 1 is 1.11 bits per heavy atom. The first-order valence-electron chi connectivity index (χ1n) is 9.62. The number of ether oxygens (including phenoxy) is 1. The Hall–Kier alpha value is -1.15. The van der Waals surface area contributed by atoms with Crippen LogP contribution in [0.4, 0.5) is 4.39 Å². The molecule has 0 unspecified atom stereocenters. The summed E-state index contributed by atoms with van der Waals surface area (Å²) >= 11 is 0. The summed E-state index contributed by atoms with van der Waals surface area (Å²) < 4.78 is 34.7. The number of para-hydroxylation sites is 1. The van der Waals surface area contributed by atoms with Gasteiger partial charge in [0.1, 0.15) is 12.5 Å². The summed E-state index contributed by atoms with van der Waals surface area (Å²) in [7, 11) is -1.68. The number of aromatic nitrogens is 1. The van der Waals surface area contributed by atoms with Crippen molar-refractivity contribution < 1.29 is 18.4 Å². The summed E-state index contributed by atoms with van der Waals surface area (Å²) in [5, 5.41) is 0.808. The van der Waals surface area contributed by atoms with Crippen molar-refractivity contribution in [1.82, 2.24) is 4.57 Å². The molecule has 3 rings (SSSR count). The van der Waals surface area contributed by atoms with Crippen LogP contribution in [0.2, 0.25) is 25.7 Å². The SMILES string of the molecule is CC1(C)OB(c2cn(COCC[Si](C)(C)C)c3c(F)cccc23)OC1(C)C. The maximum Gasteiger partial charge on any atom is 0.497 e. The largest absolute Gasteiger partial charge is 0.497 e. The van der Waals surface area contributed by atoms with Crippen LogP contribution in [-0.2, 0) is 20.8 Å². The second-order valence-electron chi connectivity index (χ2n) is 9.63. The molecule has 1 fully saturated rings. The summed E-state index contributed by atoms with van der Waals surface area (Å²) in [4.78, 5) is 0. The van der Waals surface area contributed by atoms with Gasteiger partial charge in [0.15, 0.2) is 0 Å². The Kier molecular flexibility index (Phi) is 5.36. The van der Waals surface area contributed by atoms with Gasteiger partial charge in [-0.25, -0.2) is 4.39 Å². The molecular weight excluding hydrogens is 360 g/mol. The first-order valence-corrected chi connectivity index (χ1v) is 13.3. The van der Waals surface area contributed by atoms with E-state index in [-0.39, 0.29) is 5.82 Å². The maximum absolute atomic E-state index is 14.6. The molecule has 148 valence electrons. The molecule has 1 aromatic carbocycles. The van der Waals surface area contributed by atoms with Crippen molar-refractivity contribution in [2.45, 2.75) is 71.3 Å². The van der Waals surface area contributed by atoms with Gasteiger partial charge in [0.05, 0.1) is 16.7 Å². The fourth-order valence-electron chi connectivity index (χ4n) is 3.14. The lowest BCUT2D eigenvalue weighted by Crippen LogP contribution is -2.41. The Bertz CT molecular complexity index is 812. The topological polar surface area (TPSA) is 32.6 Å². The minimum Gasteiger partial charge on any atom is -0.399 e. The zero-order valence-electron chi connectivity index (χ0n) is 17.6. The minimum atomic E-state index is -1.16. The predicted octanol–water partition coefficient (Wildman–Crippen LogP) is 4.39. The molecule has 0 aliphatic carbocycles. The van der Waals surface area contributed by atoms with E-state index >= 15 is 0 Å². The molecule has 1 aromatic heterocycles. The van der Waals surface area contributed by atoms with E-state index in [1.54, 1.807) is 6.07 Å². The van der Waals surface area contributed by atoms with Crippen molar-refractivity contribution >= 4 is 31.6 Å². The molecule has 1 saturated heterocycles. The number of hydrogen-bond acceptors (Lipinski definition) is 3. The van der Waals surface area contributed by atoms with E-state index in [1.807, 2.05) is 44.5 Å². The van der Waals surface area contributed by atoms with Crippen molar-refractivity contribution in [1.29, 1.82) is 0 Å². The van der Waals surface area contributed by atoms with E-state index in [0.29, 0.717) is 18.9 Å². The van der Waals surface area contributed by atoms with Crippen LogP contribution >= 0.6 is 0 Å². The molecule has 0 atom stereocenters. The molecule has 2 aromatic rings. The summed E-state index contributed by atoms with van der Waals surface area (Å²) in [6, 6.07) is 6.20. The smallest absolute Gasteiger partial charge is 0.399 e. The second kappa shape index (κ2) is 7.03. The standard InChI is InChI=1S/C20H31BFNO3Si/c1-19(2)20(3,4)26-21(25-19)16-13-23(14-24-11-12-27(5,6)7)18-15(16)9-8-10-17(18)22/h8-10,13H,11-12,14H2,1-7H3. The Balaban J connectivity index is 1.88. The third-order valence-electron chi connectivity index (χ3n) is 5.61. The minimum absolute atomic E-state index is 0.260. The lowest BCUT2D eigenvalue weighted by Gasteiger charge is -2.32. The molecule has 0 saturated carbocycles. The van der Waals surface area contributed by atoms with Crippen molar-refractivity contribution in [2.24, 2.45) is 0 Å². The van der Waals surface area contributed by atoms with E-state index in [1.165, 1.54) is 6.07 Å². The van der Waals surface area contributed by atoms with Gasteiger partial charge < -0.3 is 18.6 Å². The van der Waals surface area contributed by atoms with Gasteiger partial charge >= 0.3 is 7.12 Å². The van der Waals surface area contributed by atoms with Crippen LogP contribution in [-0.4, -0.2) is 37.6 Å². The van der Waals surface area contributed by atoms with Crippen LogP contribution in [0.3, 0.4) is 0 Å². The number of hydrogen-bond donors (Lipinski definition) is 0. The van der Waals surface area contributed by atoms with Crippen LogP contribution in [0.25, 0.3) is 10.9 Å². The average molecular weight is 391 g/mol. The van der Waals surface area contributed by atoms with Gasteiger partial charge in [-0.05, 0) is 39.8 Å². The Labute approximate surface area is 163 Å². The van der Waals surface area contributed by atoms with Gasteiger partial charge in [0, 0.05) is 31.7 Å². The van der Waals surface area contributed by atoms with Crippen LogP contribution < -0.4 is 5.46 Å². The summed E-state index contributed by atoms with van der Waals surface area (Å²) in [6.07, 6.45) is 1.91. The van der Waals surface area contributed by atoms with Crippen molar-refractivity contribution in [3.8, 4) is 0 Å². The Morgan fingerprint density at radius 2 is 1.74 bits per heavy atom. The first kappa shape index (κ1) is 20.6. The number of benzene rings is 1. The quantitative estimate of drug-likeness (QED) is 0.541. The van der Waals surface area contributed by atoms with Gasteiger partial charge in [0.25, 0.3) is 0 Å². The van der Waals surface area contributed by atoms with Crippen LogP contribution in [0.1, 0.15) is 27.7 Å². The molecule has 27 heavy (non-hydrogen) atoms. The number of halogens is 1. The third kappa shape index (κ3) is 4.16. The van der Waals surface area contributed by atoms with Crippen LogP contribution in [0.5, 0.6) is 0 Å². The van der Waals surface area contributed by atoms with E-state index in [4.69, 9.17) is 14.0 Å². The lowest BCUT2D eigenvalue weighted by molar-refractivity contribution is 0.00578. The van der Waals surface area contributed by atoms with E-state index in [0.717, 1.165) is 16.9 Å². The first-order chi connectivity index (χ1) is 12.4. The summed E-state index contributed by atoms with van der Waals surface area (Å²) in [5.74, 6) is -0.260. The van der Waals surface area contributed by atoms with E-state index < -0.39 is 26.4 Å². The highest BCUT2D eigenvalue weighted by Crippen LogP contribution is 2.37. The molecule has 1 aliphatic heterocycles. The van der Waals surface area contributed by atoms with Gasteiger partial charge in [-0.3, -0.25) is 0 Å². The summed E-state index contributed by atoms with van der Waals surface area (Å²) in [5.41, 5.74) is 0.507. The number of rotatable bonds is 6. The van der Waals surface area contributed by atoms with E-state index in [2.05, 4.69) is 19.6 Å². The van der Waals surface area contributed by atoms with Crippen molar-refractivity contribution in [2.75, 3.05) is 6.61 Å². The van der Waals surface area contributed by atoms with E-state index in [9.17, 15) is 4.39 Å². The van der Waals surface area contributed by atoms with Crippen molar-refractivity contribution in [3.63, 3.8) is 0 Å². The monoisotopic (exact) mass is 391 g/mol. The molecular formula is C20H31BFNO3Si. The Morgan fingerprint density at radius 3 is 2.33 bits per heavy atom. The molecule has 0 spiro atoms. The van der Waals surface area contributed by atoms with Gasteiger partial charge in [-0.15, -0.1) is 0 Å². The number of nitrogens with zero attached hydrogens (tertiary/aromatic N) is 1. The maximum atomic E-state index is 14.6. The predicted molar refractivity (Wildman–Crippen MR) is 112 cm³/mol. The summed E-state index contributed by atoms with van der Waals surface area (Å²) in [6.45, 7) is 16.0. The normalized spacial score (nSPS) is 19.2. The molecule has 4 nitrogen and oxygen atoms in total. The fourth-order valence-corrected chi connectivity index (χ4v) is 3.90. The lowest BCUT2D eigenvalue weighted by atomic mass is 9.79. The molecule has 7 heteroatoms. The van der Waals surface area contributed by atoms with Gasteiger partial charge in [-0.1, -0.05) is 31.8 Å². The average Bonchev–Trinajstić information content (AvgIpc) is 2.99. The highest BCUT2D eigenvalue weighted by molar-refractivity contribution is 6.76. The van der Waals surface area contributed by atoms with Gasteiger partial charge in [0.2, 0.25) is 0 Å². The zero-order valence-corrected chi connectivity index (χ0v) is 18.6. The molecule has 2 heterocycles. The second-order valence-corrected chi connectivity index (χ2v) is 15.2. The third-order valence-corrected chi connectivity index (χ3v) is 7.32. The van der Waals surface area contributed by atoms with Gasteiger partial charge in [-0.2, -0.15) is 0 Å². The highest BCUT2D eigenvalue weighted by Gasteiger charge is 2.52.